The van der Waals surface area contributed by atoms with Gasteiger partial charge in [-0.3, -0.25) is 0 Å². The van der Waals surface area contributed by atoms with Crippen LogP contribution in [0.2, 0.25) is 5.02 Å². The molecule has 0 bridgehead atoms. The van der Waals surface area contributed by atoms with E-state index in [0.717, 1.165) is 22.4 Å². The van der Waals surface area contributed by atoms with Crippen LogP contribution in [-0.4, -0.2) is 14.2 Å². The summed E-state index contributed by atoms with van der Waals surface area (Å²) in [6.45, 7) is 1.96. The molecule has 20 heavy (non-hydrogen) atoms. The molecule has 2 aromatic carbocycles. The molecular weight excluding hydrogens is 295 g/mol. The third kappa shape index (κ3) is 2.87. The lowest BCUT2D eigenvalue weighted by Gasteiger charge is -2.17. The summed E-state index contributed by atoms with van der Waals surface area (Å²) in [6.07, 6.45) is 0. The molecule has 0 saturated heterocycles. The van der Waals surface area contributed by atoms with Crippen molar-refractivity contribution in [1.82, 2.24) is 0 Å². The van der Waals surface area contributed by atoms with Crippen molar-refractivity contribution in [3.8, 4) is 11.5 Å². The van der Waals surface area contributed by atoms with Crippen LogP contribution in [0.25, 0.3) is 0 Å². The number of rotatable bonds is 4. The summed E-state index contributed by atoms with van der Waals surface area (Å²) in [5, 5.41) is 0.282. The zero-order valence-electron chi connectivity index (χ0n) is 11.6. The van der Waals surface area contributed by atoms with E-state index >= 15 is 0 Å². The second-order valence-corrected chi connectivity index (χ2v) is 5.26. The van der Waals surface area contributed by atoms with Gasteiger partial charge in [0.1, 0.15) is 11.5 Å². The van der Waals surface area contributed by atoms with E-state index in [1.807, 2.05) is 43.3 Å². The van der Waals surface area contributed by atoms with Crippen molar-refractivity contribution in [3.63, 3.8) is 0 Å². The second-order valence-electron chi connectivity index (χ2n) is 4.45. The fourth-order valence-corrected chi connectivity index (χ4v) is 2.71. The largest absolute Gasteiger partial charge is 0.497 e. The van der Waals surface area contributed by atoms with Gasteiger partial charge in [0.2, 0.25) is 0 Å². The van der Waals surface area contributed by atoms with E-state index in [4.69, 9.17) is 32.7 Å². The molecule has 2 rings (SSSR count). The van der Waals surface area contributed by atoms with Crippen molar-refractivity contribution in [2.75, 3.05) is 14.2 Å². The van der Waals surface area contributed by atoms with E-state index in [1.54, 1.807) is 14.2 Å². The predicted octanol–water partition coefficient (Wildman–Crippen LogP) is 4.99. The Hall–Kier alpha value is -1.38. The molecule has 0 saturated carbocycles. The Morgan fingerprint density at radius 3 is 2.40 bits per heavy atom. The van der Waals surface area contributed by atoms with Gasteiger partial charge >= 0.3 is 0 Å². The first-order valence-corrected chi connectivity index (χ1v) is 7.01. The summed E-state index contributed by atoms with van der Waals surface area (Å²) < 4.78 is 10.6. The fourth-order valence-electron chi connectivity index (χ4n) is 2.07. The molecule has 0 amide bonds. The Morgan fingerprint density at radius 2 is 1.75 bits per heavy atom. The van der Waals surface area contributed by atoms with E-state index in [0.29, 0.717) is 10.8 Å². The molecule has 0 aliphatic heterocycles. The molecular formula is C16H16Cl2O2. The molecule has 0 spiro atoms. The zero-order valence-corrected chi connectivity index (χ0v) is 13.1. The Labute approximate surface area is 129 Å². The molecule has 0 heterocycles. The highest BCUT2D eigenvalue weighted by Gasteiger charge is 2.19. The van der Waals surface area contributed by atoms with Crippen LogP contribution in [0.1, 0.15) is 22.1 Å². The monoisotopic (exact) mass is 310 g/mol. The normalized spacial score (nSPS) is 12.1. The average Bonchev–Trinajstić information content (AvgIpc) is 2.48. The maximum absolute atomic E-state index is 6.60. The first-order valence-electron chi connectivity index (χ1n) is 6.19. The van der Waals surface area contributed by atoms with Gasteiger partial charge in [-0.2, -0.15) is 0 Å². The topological polar surface area (TPSA) is 18.5 Å². The van der Waals surface area contributed by atoms with Crippen molar-refractivity contribution < 1.29 is 9.47 Å². The highest BCUT2D eigenvalue weighted by atomic mass is 35.5. The first kappa shape index (κ1) is 15.0. The van der Waals surface area contributed by atoms with Crippen LogP contribution in [-0.2, 0) is 0 Å². The molecule has 0 N–H and O–H groups in total. The fraction of sp³-hybridized carbons (Fsp3) is 0.250. The highest BCUT2D eigenvalue weighted by Crippen LogP contribution is 2.40. The van der Waals surface area contributed by atoms with Gasteiger partial charge in [-0.05, 0) is 36.2 Å². The Bertz CT molecular complexity index is 611. The first-order chi connectivity index (χ1) is 9.58. The van der Waals surface area contributed by atoms with Gasteiger partial charge in [-0.15, -0.1) is 11.6 Å². The van der Waals surface area contributed by atoms with Crippen molar-refractivity contribution in [2.24, 2.45) is 0 Å². The number of halogens is 2. The van der Waals surface area contributed by atoms with Crippen LogP contribution in [0, 0.1) is 6.92 Å². The number of methoxy groups -OCH3 is 2. The Kier molecular flexibility index (Phi) is 4.79. The lowest BCUT2D eigenvalue weighted by molar-refractivity contribution is 0.399. The molecule has 0 aliphatic carbocycles. The molecule has 2 aromatic rings. The molecule has 1 unspecified atom stereocenters. The minimum absolute atomic E-state index is 0.396. The number of alkyl halides is 1. The lowest BCUT2D eigenvalue weighted by atomic mass is 10.0. The van der Waals surface area contributed by atoms with Gasteiger partial charge in [0.05, 0.1) is 19.6 Å². The van der Waals surface area contributed by atoms with Gasteiger partial charge in [-0.1, -0.05) is 29.8 Å². The number of ether oxygens (including phenoxy) is 2. The number of hydrogen-bond donors (Lipinski definition) is 0. The summed E-state index contributed by atoms with van der Waals surface area (Å²) >= 11 is 13.0. The quantitative estimate of drug-likeness (QED) is 0.740. The number of hydrogen-bond acceptors (Lipinski definition) is 2. The molecule has 0 fully saturated rings. The second kappa shape index (κ2) is 6.38. The van der Waals surface area contributed by atoms with Crippen LogP contribution in [0.4, 0.5) is 0 Å². The van der Waals surface area contributed by atoms with Gasteiger partial charge in [0.15, 0.2) is 0 Å². The third-order valence-electron chi connectivity index (χ3n) is 3.20. The van der Waals surface area contributed by atoms with E-state index in [1.165, 1.54) is 0 Å². The minimum Gasteiger partial charge on any atom is -0.497 e. The van der Waals surface area contributed by atoms with Crippen molar-refractivity contribution >= 4 is 23.2 Å². The van der Waals surface area contributed by atoms with Crippen LogP contribution >= 0.6 is 23.2 Å². The zero-order chi connectivity index (χ0) is 14.7. The van der Waals surface area contributed by atoms with E-state index in [2.05, 4.69) is 0 Å². The average molecular weight is 311 g/mol. The van der Waals surface area contributed by atoms with E-state index in [-0.39, 0.29) is 0 Å². The van der Waals surface area contributed by atoms with Gasteiger partial charge in [0, 0.05) is 10.6 Å². The van der Waals surface area contributed by atoms with Crippen LogP contribution in [0.5, 0.6) is 11.5 Å². The summed E-state index contributed by atoms with van der Waals surface area (Å²) in [6, 6.07) is 11.4. The molecule has 0 aromatic heterocycles. The van der Waals surface area contributed by atoms with Crippen molar-refractivity contribution in [1.29, 1.82) is 0 Å². The van der Waals surface area contributed by atoms with E-state index < -0.39 is 5.38 Å². The maximum atomic E-state index is 6.60. The molecule has 2 nitrogen and oxygen atoms in total. The number of aryl methyl sites for hydroxylation is 1. The van der Waals surface area contributed by atoms with Gasteiger partial charge in [-0.25, -0.2) is 0 Å². The van der Waals surface area contributed by atoms with Crippen molar-refractivity contribution in [3.05, 3.63) is 58.1 Å². The standard InChI is InChI=1S/C16H16Cl2O2/c1-10-5-4-6-12(15(10)17)16(18)13-9-11(19-2)7-8-14(13)20-3/h4-9,16H,1-3H3. The summed E-state index contributed by atoms with van der Waals surface area (Å²) in [5.41, 5.74) is 2.69. The Balaban J connectivity index is 2.51. The molecule has 106 valence electrons. The summed E-state index contributed by atoms with van der Waals surface area (Å²) in [5.74, 6) is 1.44. The minimum atomic E-state index is -0.396. The van der Waals surface area contributed by atoms with Crippen LogP contribution in [0.3, 0.4) is 0 Å². The molecule has 4 heteroatoms. The summed E-state index contributed by atoms with van der Waals surface area (Å²) in [7, 11) is 3.24. The van der Waals surface area contributed by atoms with Crippen LogP contribution in [0.15, 0.2) is 36.4 Å². The van der Waals surface area contributed by atoms with Gasteiger partial charge in [0.25, 0.3) is 0 Å². The van der Waals surface area contributed by atoms with Gasteiger partial charge < -0.3 is 9.47 Å². The molecule has 1 atom stereocenters. The lowest BCUT2D eigenvalue weighted by Crippen LogP contribution is -2.00. The number of benzene rings is 2. The highest BCUT2D eigenvalue weighted by molar-refractivity contribution is 6.33. The third-order valence-corrected chi connectivity index (χ3v) is 4.19. The summed E-state index contributed by atoms with van der Waals surface area (Å²) in [4.78, 5) is 0. The van der Waals surface area contributed by atoms with Crippen molar-refractivity contribution in [2.45, 2.75) is 12.3 Å². The van der Waals surface area contributed by atoms with E-state index in [9.17, 15) is 0 Å². The molecule has 0 radical (unpaired) electrons. The Morgan fingerprint density at radius 1 is 1.00 bits per heavy atom. The molecule has 0 aliphatic rings. The van der Waals surface area contributed by atoms with Crippen LogP contribution < -0.4 is 9.47 Å². The predicted molar refractivity (Wildman–Crippen MR) is 83.4 cm³/mol. The smallest absolute Gasteiger partial charge is 0.124 e. The maximum Gasteiger partial charge on any atom is 0.124 e. The SMILES string of the molecule is COc1ccc(OC)c(C(Cl)c2cccc(C)c2Cl)c1.